The normalized spacial score (nSPS) is 15.2. The molecular formula is C18H23N3O2S. The van der Waals surface area contributed by atoms with Crippen LogP contribution in [0.3, 0.4) is 0 Å². The van der Waals surface area contributed by atoms with Crippen LogP contribution in [0.15, 0.2) is 42.1 Å². The van der Waals surface area contributed by atoms with Crippen LogP contribution in [0, 0.1) is 6.92 Å². The Kier molecular flexibility index (Phi) is 5.58. The predicted octanol–water partition coefficient (Wildman–Crippen LogP) is 3.18. The molecule has 1 atom stereocenters. The molecule has 128 valence electrons. The van der Waals surface area contributed by atoms with Gasteiger partial charge in [0.2, 0.25) is 0 Å². The molecule has 24 heavy (non-hydrogen) atoms. The van der Waals surface area contributed by atoms with Crippen LogP contribution in [-0.4, -0.2) is 38.3 Å². The Bertz CT molecular complexity index is 680. The van der Waals surface area contributed by atoms with Gasteiger partial charge in [-0.3, -0.25) is 0 Å². The van der Waals surface area contributed by atoms with Crippen molar-refractivity contribution in [3.05, 3.63) is 48.3 Å². The molecule has 0 radical (unpaired) electrons. The molecule has 0 unspecified atom stereocenters. The highest BCUT2D eigenvalue weighted by Crippen LogP contribution is 2.40. The monoisotopic (exact) mass is 345 g/mol. The second kappa shape index (κ2) is 7.85. The third-order valence-electron chi connectivity index (χ3n) is 3.87. The molecule has 1 heterocycles. The van der Waals surface area contributed by atoms with Crippen molar-refractivity contribution in [1.82, 2.24) is 14.8 Å². The minimum atomic E-state index is -0.561. The maximum Gasteiger partial charge on any atom is 0.191 e. The van der Waals surface area contributed by atoms with Crippen molar-refractivity contribution in [1.29, 1.82) is 0 Å². The van der Waals surface area contributed by atoms with Crippen LogP contribution in [0.4, 0.5) is 0 Å². The number of aromatic nitrogens is 3. The molecule has 6 heteroatoms. The van der Waals surface area contributed by atoms with Gasteiger partial charge in [-0.25, -0.2) is 0 Å². The van der Waals surface area contributed by atoms with E-state index in [0.29, 0.717) is 18.2 Å². The highest BCUT2D eigenvalue weighted by molar-refractivity contribution is 7.99. The first-order valence-electron chi connectivity index (χ1n) is 8.21. The molecule has 1 saturated carbocycles. The molecule has 3 rings (SSSR count). The topological polar surface area (TPSA) is 60.2 Å². The summed E-state index contributed by atoms with van der Waals surface area (Å²) in [4.78, 5) is 0. The fraction of sp³-hybridized carbons (Fsp3) is 0.444. The molecule has 0 spiro atoms. The van der Waals surface area contributed by atoms with Crippen molar-refractivity contribution >= 4 is 11.8 Å². The Morgan fingerprint density at radius 3 is 2.79 bits per heavy atom. The van der Waals surface area contributed by atoms with Crippen LogP contribution in [0.1, 0.15) is 30.1 Å². The van der Waals surface area contributed by atoms with Gasteiger partial charge in [0.05, 0.1) is 6.10 Å². The Balaban J connectivity index is 1.51. The van der Waals surface area contributed by atoms with E-state index in [-0.39, 0.29) is 6.61 Å². The zero-order valence-corrected chi connectivity index (χ0v) is 14.7. The first kappa shape index (κ1) is 17.0. The molecule has 1 N–H and O–H groups in total. The number of nitrogens with zero attached hydrogens (tertiary/aromatic N) is 3. The summed E-state index contributed by atoms with van der Waals surface area (Å²) in [6.45, 7) is 6.81. The van der Waals surface area contributed by atoms with Gasteiger partial charge in [0.1, 0.15) is 18.2 Å². The number of benzene rings is 1. The molecule has 1 fully saturated rings. The maximum absolute atomic E-state index is 10.2. The van der Waals surface area contributed by atoms with Gasteiger partial charge >= 0.3 is 0 Å². The van der Waals surface area contributed by atoms with Crippen molar-refractivity contribution < 1.29 is 9.84 Å². The van der Waals surface area contributed by atoms with Crippen molar-refractivity contribution in [2.24, 2.45) is 0 Å². The van der Waals surface area contributed by atoms with Gasteiger partial charge in [-0.2, -0.15) is 0 Å². The number of thioether (sulfide) groups is 1. The van der Waals surface area contributed by atoms with E-state index in [1.807, 2.05) is 37.3 Å². The van der Waals surface area contributed by atoms with Crippen LogP contribution < -0.4 is 4.74 Å². The first-order chi connectivity index (χ1) is 11.7. The lowest BCUT2D eigenvalue weighted by atomic mass is 10.2. The van der Waals surface area contributed by atoms with Crippen molar-refractivity contribution in [2.45, 2.75) is 43.5 Å². The standard InChI is InChI=1S/C18H23N3O2S/c1-3-10-21-17(14-6-7-14)19-20-18(21)24-12-15(22)11-23-16-8-4-13(2)5-9-16/h3-5,8-9,14-15,22H,1,6-7,10-12H2,2H3/t15-/m0/s1. The predicted molar refractivity (Wildman–Crippen MR) is 95.6 cm³/mol. The summed E-state index contributed by atoms with van der Waals surface area (Å²) in [5, 5.41) is 19.6. The average Bonchev–Trinajstić information content (AvgIpc) is 3.35. The van der Waals surface area contributed by atoms with Gasteiger partial charge in [0.25, 0.3) is 0 Å². The van der Waals surface area contributed by atoms with Crippen LogP contribution in [0.5, 0.6) is 5.75 Å². The lowest BCUT2D eigenvalue weighted by Gasteiger charge is -2.12. The largest absolute Gasteiger partial charge is 0.491 e. The van der Waals surface area contributed by atoms with Crippen LogP contribution in [0.25, 0.3) is 0 Å². The van der Waals surface area contributed by atoms with Crippen LogP contribution in [0.2, 0.25) is 0 Å². The Morgan fingerprint density at radius 2 is 2.12 bits per heavy atom. The molecule has 0 aliphatic heterocycles. The zero-order valence-electron chi connectivity index (χ0n) is 13.9. The summed E-state index contributed by atoms with van der Waals surface area (Å²) in [6, 6.07) is 7.82. The van der Waals surface area contributed by atoms with Crippen LogP contribution >= 0.6 is 11.8 Å². The smallest absolute Gasteiger partial charge is 0.191 e. The van der Waals surface area contributed by atoms with E-state index in [9.17, 15) is 5.11 Å². The third-order valence-corrected chi connectivity index (χ3v) is 4.98. The van der Waals surface area contributed by atoms with Gasteiger partial charge in [-0.1, -0.05) is 35.5 Å². The molecule has 0 bridgehead atoms. The molecule has 1 aliphatic carbocycles. The molecule has 2 aromatic rings. The SMILES string of the molecule is C=CCn1c(SC[C@@H](O)COc2ccc(C)cc2)nnc1C1CC1. The van der Waals surface area contributed by atoms with Gasteiger partial charge in [-0.15, -0.1) is 16.8 Å². The van der Waals surface area contributed by atoms with E-state index in [1.54, 1.807) is 0 Å². The summed E-state index contributed by atoms with van der Waals surface area (Å²) in [5.41, 5.74) is 1.19. The van der Waals surface area contributed by atoms with Crippen molar-refractivity contribution in [3.63, 3.8) is 0 Å². The molecule has 1 aromatic carbocycles. The van der Waals surface area contributed by atoms with Gasteiger partial charge in [0, 0.05) is 18.2 Å². The van der Waals surface area contributed by atoms with E-state index in [4.69, 9.17) is 4.74 Å². The Labute approximate surface area is 146 Å². The van der Waals surface area contributed by atoms with Crippen LogP contribution in [-0.2, 0) is 6.54 Å². The molecule has 0 amide bonds. The quantitative estimate of drug-likeness (QED) is 0.559. The number of aliphatic hydroxyl groups excluding tert-OH is 1. The number of aryl methyl sites for hydroxylation is 1. The number of hydrogen-bond donors (Lipinski definition) is 1. The lowest BCUT2D eigenvalue weighted by Crippen LogP contribution is -2.20. The highest BCUT2D eigenvalue weighted by atomic mass is 32.2. The van der Waals surface area contributed by atoms with E-state index in [2.05, 4.69) is 21.3 Å². The summed E-state index contributed by atoms with van der Waals surface area (Å²) >= 11 is 1.51. The summed E-state index contributed by atoms with van der Waals surface area (Å²) < 4.78 is 7.72. The van der Waals surface area contributed by atoms with Gasteiger partial charge < -0.3 is 14.4 Å². The number of hydrogen-bond acceptors (Lipinski definition) is 5. The van der Waals surface area contributed by atoms with Gasteiger partial charge in [0.15, 0.2) is 5.16 Å². The maximum atomic E-state index is 10.2. The Hall–Kier alpha value is -1.79. The van der Waals surface area contributed by atoms with E-state index >= 15 is 0 Å². The Morgan fingerprint density at radius 1 is 1.38 bits per heavy atom. The number of rotatable bonds is 9. The summed E-state index contributed by atoms with van der Waals surface area (Å²) in [5.74, 6) is 2.88. The van der Waals surface area contributed by atoms with Crippen molar-refractivity contribution in [3.8, 4) is 5.75 Å². The first-order valence-corrected chi connectivity index (χ1v) is 9.20. The second-order valence-electron chi connectivity index (χ2n) is 6.10. The average molecular weight is 345 g/mol. The van der Waals surface area contributed by atoms with E-state index in [0.717, 1.165) is 16.7 Å². The summed E-state index contributed by atoms with van der Waals surface area (Å²) in [6.07, 6.45) is 3.67. The molecule has 1 aromatic heterocycles. The fourth-order valence-electron chi connectivity index (χ4n) is 2.40. The number of aliphatic hydroxyl groups is 1. The fourth-order valence-corrected chi connectivity index (χ4v) is 3.26. The van der Waals surface area contributed by atoms with Crippen molar-refractivity contribution in [2.75, 3.05) is 12.4 Å². The lowest BCUT2D eigenvalue weighted by molar-refractivity contribution is 0.126. The van der Waals surface area contributed by atoms with E-state index < -0.39 is 6.10 Å². The summed E-state index contributed by atoms with van der Waals surface area (Å²) in [7, 11) is 0. The number of ether oxygens (including phenoxy) is 1. The third kappa shape index (κ3) is 4.39. The molecule has 5 nitrogen and oxygen atoms in total. The minimum absolute atomic E-state index is 0.265. The van der Waals surface area contributed by atoms with Gasteiger partial charge in [-0.05, 0) is 31.9 Å². The van der Waals surface area contributed by atoms with E-state index in [1.165, 1.54) is 30.2 Å². The zero-order chi connectivity index (χ0) is 16.9. The number of allylic oxidation sites excluding steroid dienone is 1. The minimum Gasteiger partial charge on any atom is -0.491 e. The highest BCUT2D eigenvalue weighted by Gasteiger charge is 2.30. The molecule has 1 aliphatic rings. The second-order valence-corrected chi connectivity index (χ2v) is 7.09. The molecule has 0 saturated heterocycles. The molecular weight excluding hydrogens is 322 g/mol.